The van der Waals surface area contributed by atoms with Gasteiger partial charge >= 0.3 is 0 Å². The summed E-state index contributed by atoms with van der Waals surface area (Å²) in [6.07, 6.45) is 3.98. The van der Waals surface area contributed by atoms with Crippen molar-refractivity contribution in [3.05, 3.63) is 72.9 Å². The minimum absolute atomic E-state index is 0.865. The second-order valence-electron chi connectivity index (χ2n) is 6.03. The summed E-state index contributed by atoms with van der Waals surface area (Å²) in [4.78, 5) is 5.94. The van der Waals surface area contributed by atoms with E-state index in [9.17, 15) is 0 Å². The van der Waals surface area contributed by atoms with Crippen LogP contribution < -0.4 is 4.74 Å². The van der Waals surface area contributed by atoms with Gasteiger partial charge in [0.25, 0.3) is 0 Å². The first-order valence-electron chi connectivity index (χ1n) is 8.18. The van der Waals surface area contributed by atoms with Gasteiger partial charge in [0.2, 0.25) is 0 Å². The summed E-state index contributed by atoms with van der Waals surface area (Å²) in [5.41, 5.74) is 4.48. The fourth-order valence-corrected chi connectivity index (χ4v) is 4.08. The summed E-state index contributed by atoms with van der Waals surface area (Å²) in [6, 6.07) is 23.0. The summed E-state index contributed by atoms with van der Waals surface area (Å²) in [5, 5.41) is 2.25. The number of benzene rings is 3. The van der Waals surface area contributed by atoms with E-state index in [4.69, 9.17) is 4.74 Å². The molecule has 25 heavy (non-hydrogen) atoms. The Morgan fingerprint density at radius 2 is 1.76 bits per heavy atom. The van der Waals surface area contributed by atoms with Gasteiger partial charge in [0.1, 0.15) is 11.5 Å². The van der Waals surface area contributed by atoms with Crippen molar-refractivity contribution in [2.24, 2.45) is 0 Å². The third-order valence-corrected chi connectivity index (χ3v) is 5.42. The molecule has 1 aliphatic rings. The van der Waals surface area contributed by atoms with Crippen LogP contribution in [0.15, 0.2) is 77.8 Å². The molecule has 3 aromatic carbocycles. The Bertz CT molecular complexity index is 1110. The van der Waals surface area contributed by atoms with Gasteiger partial charge < -0.3 is 4.74 Å². The lowest BCUT2D eigenvalue weighted by molar-refractivity contribution is 0.486. The molecule has 2 nitrogen and oxygen atoms in total. The van der Waals surface area contributed by atoms with E-state index < -0.39 is 0 Å². The number of hydrogen-bond acceptors (Lipinski definition) is 3. The van der Waals surface area contributed by atoms with Crippen LogP contribution in [0.25, 0.3) is 33.2 Å². The molecule has 0 amide bonds. The third-order valence-electron chi connectivity index (χ3n) is 4.63. The van der Waals surface area contributed by atoms with E-state index in [0.717, 1.165) is 33.5 Å². The minimum atomic E-state index is 0.865. The molecule has 1 aliphatic heterocycles. The molecule has 0 fully saturated rings. The largest absolute Gasteiger partial charge is 0.456 e. The lowest BCUT2D eigenvalue weighted by atomic mass is 9.96. The number of pyridine rings is 1. The molecule has 0 saturated carbocycles. The first kappa shape index (κ1) is 14.6. The van der Waals surface area contributed by atoms with Gasteiger partial charge in [0, 0.05) is 16.7 Å². The zero-order valence-electron chi connectivity index (χ0n) is 13.7. The highest BCUT2D eigenvalue weighted by Gasteiger charge is 2.21. The van der Waals surface area contributed by atoms with E-state index in [1.54, 1.807) is 11.8 Å². The lowest BCUT2D eigenvalue weighted by Crippen LogP contribution is -1.99. The van der Waals surface area contributed by atoms with Gasteiger partial charge in [-0.2, -0.15) is 0 Å². The van der Waals surface area contributed by atoms with Gasteiger partial charge in [0.05, 0.1) is 11.1 Å². The lowest BCUT2D eigenvalue weighted by Gasteiger charge is -2.21. The molecule has 2 heterocycles. The zero-order chi connectivity index (χ0) is 16.8. The van der Waals surface area contributed by atoms with Crippen LogP contribution in [0, 0.1) is 0 Å². The van der Waals surface area contributed by atoms with Gasteiger partial charge in [-0.3, -0.25) is 4.98 Å². The summed E-state index contributed by atoms with van der Waals surface area (Å²) in [5.74, 6) is 1.74. The molecule has 5 rings (SSSR count). The number of thioether (sulfide) groups is 1. The Labute approximate surface area is 150 Å². The van der Waals surface area contributed by atoms with Crippen molar-refractivity contribution >= 4 is 22.5 Å². The number of aromatic nitrogens is 1. The zero-order valence-corrected chi connectivity index (χ0v) is 14.5. The predicted octanol–water partition coefficient (Wildman–Crippen LogP) is 6.40. The summed E-state index contributed by atoms with van der Waals surface area (Å²) in [6.45, 7) is 0. The molecule has 0 atom stereocenters. The molecule has 0 bridgehead atoms. The van der Waals surface area contributed by atoms with Crippen LogP contribution >= 0.6 is 11.8 Å². The molecule has 0 saturated heterocycles. The standard InChI is InChI=1S/C22H15NOS/c1-25-20-8-3-2-6-16(20)15-9-10-18-17(13-15)22-21-14(11-12-23-22)5-4-7-19(21)24-18/h2-13H,1H3. The highest BCUT2D eigenvalue weighted by Crippen LogP contribution is 2.46. The second-order valence-corrected chi connectivity index (χ2v) is 6.88. The topological polar surface area (TPSA) is 22.1 Å². The van der Waals surface area contributed by atoms with Crippen LogP contribution in [0.3, 0.4) is 0 Å². The van der Waals surface area contributed by atoms with Gasteiger partial charge in [-0.1, -0.05) is 36.4 Å². The Hall–Kier alpha value is -2.78. The molecule has 3 heteroatoms. The minimum Gasteiger partial charge on any atom is -0.456 e. The molecular formula is C22H15NOS. The SMILES string of the molecule is CSc1ccccc1-c1ccc2c(c1)-c1nccc3cccc(c13)O2. The van der Waals surface area contributed by atoms with Crippen molar-refractivity contribution in [3.63, 3.8) is 0 Å². The quantitative estimate of drug-likeness (QED) is 0.347. The Balaban J connectivity index is 1.77. The first-order valence-corrected chi connectivity index (χ1v) is 9.41. The number of nitrogens with zero attached hydrogens (tertiary/aromatic N) is 1. The van der Waals surface area contributed by atoms with Crippen LogP contribution in [-0.4, -0.2) is 11.2 Å². The Kier molecular flexibility index (Phi) is 3.28. The highest BCUT2D eigenvalue weighted by molar-refractivity contribution is 7.98. The number of fused-ring (bicyclic) bond motifs is 2. The van der Waals surface area contributed by atoms with Crippen molar-refractivity contribution < 1.29 is 4.74 Å². The molecule has 0 spiro atoms. The maximum Gasteiger partial charge on any atom is 0.137 e. The van der Waals surface area contributed by atoms with Crippen LogP contribution in [0.4, 0.5) is 0 Å². The second kappa shape index (κ2) is 5.64. The summed E-state index contributed by atoms with van der Waals surface area (Å²) in [7, 11) is 0. The van der Waals surface area contributed by atoms with E-state index in [2.05, 4.69) is 59.8 Å². The van der Waals surface area contributed by atoms with E-state index in [0.29, 0.717) is 0 Å². The van der Waals surface area contributed by atoms with E-state index in [-0.39, 0.29) is 0 Å². The van der Waals surface area contributed by atoms with Crippen LogP contribution in [0.1, 0.15) is 0 Å². The van der Waals surface area contributed by atoms with Crippen molar-refractivity contribution in [1.29, 1.82) is 0 Å². The Morgan fingerprint density at radius 1 is 0.840 bits per heavy atom. The van der Waals surface area contributed by atoms with Gasteiger partial charge in [-0.15, -0.1) is 11.8 Å². The smallest absolute Gasteiger partial charge is 0.137 e. The molecule has 1 aromatic heterocycles. The van der Waals surface area contributed by atoms with Crippen molar-refractivity contribution in [2.45, 2.75) is 4.90 Å². The van der Waals surface area contributed by atoms with Crippen molar-refractivity contribution in [3.8, 4) is 33.9 Å². The number of hydrogen-bond donors (Lipinski definition) is 0. The first-order chi connectivity index (χ1) is 12.3. The molecule has 0 unspecified atom stereocenters. The maximum atomic E-state index is 6.15. The van der Waals surface area contributed by atoms with Gasteiger partial charge in [-0.05, 0) is 53.1 Å². The molecule has 0 N–H and O–H groups in total. The summed E-state index contributed by atoms with van der Waals surface area (Å²) >= 11 is 1.76. The fraction of sp³-hybridized carbons (Fsp3) is 0.0455. The average molecular weight is 341 g/mol. The van der Waals surface area contributed by atoms with Crippen molar-refractivity contribution in [2.75, 3.05) is 6.26 Å². The molecular weight excluding hydrogens is 326 g/mol. The molecule has 4 aromatic rings. The number of ether oxygens (including phenoxy) is 1. The van der Waals surface area contributed by atoms with Gasteiger partial charge in [-0.25, -0.2) is 0 Å². The molecule has 120 valence electrons. The maximum absolute atomic E-state index is 6.15. The average Bonchev–Trinajstić information content (AvgIpc) is 2.68. The van der Waals surface area contributed by atoms with Crippen LogP contribution in [-0.2, 0) is 0 Å². The monoisotopic (exact) mass is 341 g/mol. The normalized spacial score (nSPS) is 11.9. The summed E-state index contributed by atoms with van der Waals surface area (Å²) < 4.78 is 6.15. The van der Waals surface area contributed by atoms with E-state index in [1.165, 1.54) is 16.0 Å². The van der Waals surface area contributed by atoms with E-state index >= 15 is 0 Å². The highest BCUT2D eigenvalue weighted by atomic mass is 32.2. The Morgan fingerprint density at radius 3 is 2.68 bits per heavy atom. The fourth-order valence-electron chi connectivity index (χ4n) is 3.46. The van der Waals surface area contributed by atoms with Gasteiger partial charge in [0.15, 0.2) is 0 Å². The molecule has 0 radical (unpaired) electrons. The van der Waals surface area contributed by atoms with Crippen LogP contribution in [0.5, 0.6) is 11.5 Å². The van der Waals surface area contributed by atoms with Crippen LogP contribution in [0.2, 0.25) is 0 Å². The van der Waals surface area contributed by atoms with E-state index in [1.807, 2.05) is 24.4 Å². The number of rotatable bonds is 2. The molecule has 0 aliphatic carbocycles. The van der Waals surface area contributed by atoms with Crippen molar-refractivity contribution in [1.82, 2.24) is 4.98 Å². The predicted molar refractivity (Wildman–Crippen MR) is 104 cm³/mol. The third kappa shape index (κ3) is 2.24.